The molecule has 2 aromatic rings. The molecule has 0 aliphatic carbocycles. The van der Waals surface area contributed by atoms with Crippen molar-refractivity contribution < 1.29 is 19.8 Å². The molecule has 0 heterocycles. The topological polar surface area (TPSA) is 74.6 Å². The standard InChI is InChI=1S/C21H20O4/c1-5-13-7-15(19(22)23)11-17(9-13)21(3,4)18-10-14(6-2)8-16(12-18)20(24)25/h5-12H,1-2H2,3-4H3,(H,22,23)(H,24,25). The summed E-state index contributed by atoms with van der Waals surface area (Å²) in [5.41, 5.74) is 2.65. The van der Waals surface area contributed by atoms with Gasteiger partial charge in [-0.05, 0) is 46.5 Å². The fourth-order valence-corrected chi connectivity index (χ4v) is 2.67. The van der Waals surface area contributed by atoms with E-state index in [1.807, 2.05) is 26.0 Å². The van der Waals surface area contributed by atoms with Crippen LogP contribution >= 0.6 is 0 Å². The Morgan fingerprint density at radius 2 is 1.16 bits per heavy atom. The van der Waals surface area contributed by atoms with E-state index in [9.17, 15) is 19.8 Å². The second-order valence-corrected chi connectivity index (χ2v) is 6.33. The minimum Gasteiger partial charge on any atom is -0.478 e. The molecule has 0 aromatic heterocycles. The summed E-state index contributed by atoms with van der Waals surface area (Å²) in [7, 11) is 0. The molecule has 0 fully saturated rings. The SMILES string of the molecule is C=Cc1cc(C(=O)O)cc(C(C)(C)c2cc(C=C)cc(C(=O)O)c2)c1. The van der Waals surface area contributed by atoms with Crippen LogP contribution in [-0.4, -0.2) is 22.2 Å². The van der Waals surface area contributed by atoms with E-state index in [-0.39, 0.29) is 11.1 Å². The quantitative estimate of drug-likeness (QED) is 0.802. The van der Waals surface area contributed by atoms with Crippen LogP contribution in [0.3, 0.4) is 0 Å². The Morgan fingerprint density at radius 1 is 0.800 bits per heavy atom. The molecule has 0 atom stereocenters. The van der Waals surface area contributed by atoms with Gasteiger partial charge in [0.05, 0.1) is 11.1 Å². The Kier molecular flexibility index (Phi) is 4.93. The van der Waals surface area contributed by atoms with Gasteiger partial charge < -0.3 is 10.2 Å². The van der Waals surface area contributed by atoms with Crippen molar-refractivity contribution in [2.75, 3.05) is 0 Å². The Labute approximate surface area is 146 Å². The van der Waals surface area contributed by atoms with Crippen molar-refractivity contribution in [3.63, 3.8) is 0 Å². The molecule has 4 heteroatoms. The molecule has 25 heavy (non-hydrogen) atoms. The zero-order chi connectivity index (χ0) is 18.8. The summed E-state index contributed by atoms with van der Waals surface area (Å²) in [6.07, 6.45) is 3.18. The Hall–Kier alpha value is -3.14. The maximum absolute atomic E-state index is 11.4. The Morgan fingerprint density at radius 3 is 1.44 bits per heavy atom. The third kappa shape index (κ3) is 3.69. The van der Waals surface area contributed by atoms with Crippen molar-refractivity contribution in [1.82, 2.24) is 0 Å². The second-order valence-electron chi connectivity index (χ2n) is 6.33. The van der Waals surface area contributed by atoms with Gasteiger partial charge in [-0.15, -0.1) is 0 Å². The van der Waals surface area contributed by atoms with E-state index < -0.39 is 17.4 Å². The number of carboxylic acids is 2. The molecule has 0 aliphatic rings. The van der Waals surface area contributed by atoms with Gasteiger partial charge in [-0.1, -0.05) is 51.3 Å². The van der Waals surface area contributed by atoms with E-state index in [1.165, 1.54) is 0 Å². The predicted molar refractivity (Wildman–Crippen MR) is 99.1 cm³/mol. The summed E-state index contributed by atoms with van der Waals surface area (Å²) >= 11 is 0. The molecule has 0 saturated carbocycles. The number of carboxylic acid groups (broad SMARTS) is 2. The molecule has 128 valence electrons. The van der Waals surface area contributed by atoms with Gasteiger partial charge in [0.1, 0.15) is 0 Å². The number of hydrogen-bond acceptors (Lipinski definition) is 2. The average molecular weight is 336 g/mol. The highest BCUT2D eigenvalue weighted by molar-refractivity contribution is 5.89. The molecule has 0 aliphatic heterocycles. The van der Waals surface area contributed by atoms with Crippen LogP contribution in [0.15, 0.2) is 49.6 Å². The van der Waals surface area contributed by atoms with Crippen LogP contribution < -0.4 is 0 Å². The Bertz CT molecular complexity index is 804. The highest BCUT2D eigenvalue weighted by atomic mass is 16.4. The summed E-state index contributed by atoms with van der Waals surface area (Å²) in [6, 6.07) is 10.0. The third-order valence-electron chi connectivity index (χ3n) is 4.32. The van der Waals surface area contributed by atoms with Gasteiger partial charge in [-0.25, -0.2) is 9.59 Å². The number of carbonyl (C=O) groups is 2. The summed E-state index contributed by atoms with van der Waals surface area (Å²) in [6.45, 7) is 11.3. The summed E-state index contributed by atoms with van der Waals surface area (Å²) in [5.74, 6) is -2.04. The zero-order valence-electron chi connectivity index (χ0n) is 14.2. The van der Waals surface area contributed by atoms with E-state index in [0.29, 0.717) is 11.1 Å². The minimum atomic E-state index is -1.02. The lowest BCUT2D eigenvalue weighted by atomic mass is 9.76. The van der Waals surface area contributed by atoms with Crippen LogP contribution in [0.2, 0.25) is 0 Å². The average Bonchev–Trinajstić information content (AvgIpc) is 2.60. The molecule has 2 rings (SSSR count). The van der Waals surface area contributed by atoms with Crippen molar-refractivity contribution in [2.24, 2.45) is 0 Å². The number of aromatic carboxylic acids is 2. The number of rotatable bonds is 6. The third-order valence-corrected chi connectivity index (χ3v) is 4.32. The van der Waals surface area contributed by atoms with Crippen molar-refractivity contribution in [3.05, 3.63) is 82.9 Å². The van der Waals surface area contributed by atoms with Crippen molar-refractivity contribution >= 4 is 24.1 Å². The first kappa shape index (κ1) is 18.2. The van der Waals surface area contributed by atoms with Crippen molar-refractivity contribution in [3.8, 4) is 0 Å². The number of hydrogen-bond donors (Lipinski definition) is 2. The normalized spacial score (nSPS) is 11.0. The minimum absolute atomic E-state index is 0.166. The van der Waals surface area contributed by atoms with Gasteiger partial charge in [0.25, 0.3) is 0 Å². The second kappa shape index (κ2) is 6.77. The fraction of sp³-hybridized carbons (Fsp3) is 0.143. The van der Waals surface area contributed by atoms with E-state index in [1.54, 1.807) is 36.4 Å². The van der Waals surface area contributed by atoms with Gasteiger partial charge in [0.2, 0.25) is 0 Å². The molecule has 2 N–H and O–H groups in total. The molecular weight excluding hydrogens is 316 g/mol. The smallest absolute Gasteiger partial charge is 0.335 e. The maximum atomic E-state index is 11.4. The summed E-state index contributed by atoms with van der Waals surface area (Å²) < 4.78 is 0. The summed E-state index contributed by atoms with van der Waals surface area (Å²) in [5, 5.41) is 18.7. The van der Waals surface area contributed by atoms with E-state index in [0.717, 1.165) is 11.1 Å². The van der Waals surface area contributed by atoms with Crippen LogP contribution in [0, 0.1) is 0 Å². The summed E-state index contributed by atoms with van der Waals surface area (Å²) in [4.78, 5) is 22.8. The maximum Gasteiger partial charge on any atom is 0.335 e. The molecule has 4 nitrogen and oxygen atoms in total. The number of benzene rings is 2. The van der Waals surface area contributed by atoms with Crippen LogP contribution in [0.5, 0.6) is 0 Å². The van der Waals surface area contributed by atoms with Gasteiger partial charge >= 0.3 is 11.9 Å². The first-order valence-electron chi connectivity index (χ1n) is 7.71. The van der Waals surface area contributed by atoms with Crippen LogP contribution in [-0.2, 0) is 5.41 Å². The highest BCUT2D eigenvalue weighted by Gasteiger charge is 2.26. The van der Waals surface area contributed by atoms with Crippen molar-refractivity contribution in [1.29, 1.82) is 0 Å². The van der Waals surface area contributed by atoms with E-state index in [4.69, 9.17) is 0 Å². The van der Waals surface area contributed by atoms with Gasteiger partial charge in [0.15, 0.2) is 0 Å². The largest absolute Gasteiger partial charge is 0.478 e. The molecule has 0 unspecified atom stereocenters. The molecule has 0 saturated heterocycles. The van der Waals surface area contributed by atoms with Crippen LogP contribution in [0.25, 0.3) is 12.2 Å². The predicted octanol–water partition coefficient (Wildman–Crippen LogP) is 4.69. The lowest BCUT2D eigenvalue weighted by Gasteiger charge is -2.28. The highest BCUT2D eigenvalue weighted by Crippen LogP contribution is 2.34. The lowest BCUT2D eigenvalue weighted by molar-refractivity contribution is 0.0686. The molecule has 0 bridgehead atoms. The van der Waals surface area contributed by atoms with Gasteiger partial charge in [0, 0.05) is 5.41 Å². The molecule has 0 spiro atoms. The molecule has 2 aromatic carbocycles. The lowest BCUT2D eigenvalue weighted by Crippen LogP contribution is -2.21. The van der Waals surface area contributed by atoms with Crippen molar-refractivity contribution in [2.45, 2.75) is 19.3 Å². The van der Waals surface area contributed by atoms with Gasteiger partial charge in [-0.3, -0.25) is 0 Å². The first-order valence-corrected chi connectivity index (χ1v) is 7.71. The Balaban J connectivity index is 2.69. The van der Waals surface area contributed by atoms with E-state index >= 15 is 0 Å². The van der Waals surface area contributed by atoms with E-state index in [2.05, 4.69) is 13.2 Å². The zero-order valence-corrected chi connectivity index (χ0v) is 14.2. The fourth-order valence-electron chi connectivity index (χ4n) is 2.67. The van der Waals surface area contributed by atoms with Crippen LogP contribution in [0.1, 0.15) is 56.8 Å². The van der Waals surface area contributed by atoms with Crippen LogP contribution in [0.4, 0.5) is 0 Å². The molecule has 0 amide bonds. The first-order chi connectivity index (χ1) is 11.7. The van der Waals surface area contributed by atoms with Gasteiger partial charge in [-0.2, -0.15) is 0 Å². The monoisotopic (exact) mass is 336 g/mol. The molecular formula is C21H20O4. The molecule has 0 radical (unpaired) electrons.